The van der Waals surface area contributed by atoms with Crippen LogP contribution >= 0.6 is 0 Å². The van der Waals surface area contributed by atoms with Gasteiger partial charge in [0.15, 0.2) is 0 Å². The average molecular weight is 176 g/mol. The predicted octanol–water partition coefficient (Wildman–Crippen LogP) is 1.42. The van der Waals surface area contributed by atoms with Crippen molar-refractivity contribution in [1.29, 1.82) is 0 Å². The van der Waals surface area contributed by atoms with Gasteiger partial charge in [0.1, 0.15) is 0 Å². The summed E-state index contributed by atoms with van der Waals surface area (Å²) in [5.41, 5.74) is 3.96. The largest absolute Gasteiger partial charge is 0.412 e. The Hall–Kier alpha value is -1.48. The van der Waals surface area contributed by atoms with Gasteiger partial charge in [0.2, 0.25) is 0 Å². The second-order valence-corrected chi connectivity index (χ2v) is 2.88. The van der Waals surface area contributed by atoms with Crippen LogP contribution in [0.1, 0.15) is 11.4 Å². The first-order valence-corrected chi connectivity index (χ1v) is 3.97. The number of benzene rings is 1. The molecule has 0 aliphatic heterocycles. The molecule has 0 amide bonds. The van der Waals surface area contributed by atoms with E-state index in [0.29, 0.717) is 0 Å². The second kappa shape index (κ2) is 3.49. The lowest BCUT2D eigenvalue weighted by Crippen LogP contribution is -1.92. The third-order valence-electron chi connectivity index (χ3n) is 1.98. The number of hydrogen-bond donors (Lipinski definition) is 0. The molecule has 0 aliphatic rings. The van der Waals surface area contributed by atoms with Crippen LogP contribution in [0, 0.1) is 13.8 Å². The maximum Gasteiger partial charge on any atom is 0.0890 e. The average Bonchev–Trinajstić information content (AvgIpc) is 2.07. The molecule has 0 aliphatic carbocycles. The maximum atomic E-state index is 4.41. The quantitative estimate of drug-likeness (QED) is 0.609. The van der Waals surface area contributed by atoms with Gasteiger partial charge < -0.3 is 5.48 Å². The number of aryl methyl sites for hydroxylation is 2. The van der Waals surface area contributed by atoms with Crippen molar-refractivity contribution in [3.05, 3.63) is 35.7 Å². The fourth-order valence-corrected chi connectivity index (χ4v) is 1.18. The van der Waals surface area contributed by atoms with E-state index in [2.05, 4.69) is 9.97 Å². The van der Waals surface area contributed by atoms with E-state index in [1.54, 1.807) is 0 Å². The molecular weight excluding hydrogens is 164 g/mol. The predicted molar refractivity (Wildman–Crippen MR) is 52.6 cm³/mol. The van der Waals surface area contributed by atoms with E-state index in [1.807, 2.05) is 38.1 Å². The van der Waals surface area contributed by atoms with Crippen molar-refractivity contribution in [2.24, 2.45) is 0 Å². The minimum absolute atomic E-state index is 0. The first-order chi connectivity index (χ1) is 5.77. The summed E-state index contributed by atoms with van der Waals surface area (Å²) >= 11 is 0. The van der Waals surface area contributed by atoms with Gasteiger partial charge in [0.05, 0.1) is 22.4 Å². The van der Waals surface area contributed by atoms with Crippen LogP contribution in [0.25, 0.3) is 11.0 Å². The monoisotopic (exact) mass is 176 g/mol. The normalized spacial score (nSPS) is 9.69. The molecule has 0 radical (unpaired) electrons. The van der Waals surface area contributed by atoms with Crippen molar-refractivity contribution in [2.75, 3.05) is 0 Å². The third-order valence-corrected chi connectivity index (χ3v) is 1.98. The zero-order valence-corrected chi connectivity index (χ0v) is 7.70. The van der Waals surface area contributed by atoms with Gasteiger partial charge in [-0.25, -0.2) is 9.97 Å². The number of hydrogen-bond acceptors (Lipinski definition) is 2. The van der Waals surface area contributed by atoms with Gasteiger partial charge in [-0.3, -0.25) is 0 Å². The molecule has 1 aromatic carbocycles. The van der Waals surface area contributed by atoms with Crippen LogP contribution in [0.4, 0.5) is 0 Å². The number of aromatic nitrogens is 2. The Kier molecular flexibility index (Phi) is 2.58. The fraction of sp³-hybridized carbons (Fsp3) is 0.200. The first-order valence-electron chi connectivity index (χ1n) is 3.97. The molecule has 3 heteroatoms. The third kappa shape index (κ3) is 1.65. The summed E-state index contributed by atoms with van der Waals surface area (Å²) in [6.45, 7) is 3.96. The number of rotatable bonds is 0. The minimum Gasteiger partial charge on any atom is -0.412 e. The molecule has 68 valence electrons. The summed E-state index contributed by atoms with van der Waals surface area (Å²) in [6.07, 6.45) is 0. The Balaban J connectivity index is 0.000000845. The molecule has 0 fully saturated rings. The highest BCUT2D eigenvalue weighted by molar-refractivity contribution is 5.74. The SMILES string of the molecule is Cc1nc2ccccc2nc1C.O. The van der Waals surface area contributed by atoms with Crippen LogP contribution < -0.4 is 0 Å². The number of para-hydroxylation sites is 2. The lowest BCUT2D eigenvalue weighted by atomic mass is 10.2. The summed E-state index contributed by atoms with van der Waals surface area (Å²) in [6, 6.07) is 7.92. The molecule has 1 heterocycles. The first kappa shape index (κ1) is 9.61. The molecule has 2 N–H and O–H groups in total. The Morgan fingerprint density at radius 2 is 1.23 bits per heavy atom. The highest BCUT2D eigenvalue weighted by Gasteiger charge is 1.98. The Morgan fingerprint density at radius 3 is 1.62 bits per heavy atom. The summed E-state index contributed by atoms with van der Waals surface area (Å²) in [5.74, 6) is 0. The van der Waals surface area contributed by atoms with Crippen LogP contribution in [0.5, 0.6) is 0 Å². The molecule has 13 heavy (non-hydrogen) atoms. The van der Waals surface area contributed by atoms with E-state index in [4.69, 9.17) is 0 Å². The minimum atomic E-state index is 0. The molecule has 2 aromatic rings. The standard InChI is InChI=1S/C10H10N2.H2O/c1-7-8(2)12-10-6-4-3-5-9(10)11-7;/h3-6H,1-2H3;1H2. The molecule has 0 saturated carbocycles. The second-order valence-electron chi connectivity index (χ2n) is 2.88. The Morgan fingerprint density at radius 1 is 0.846 bits per heavy atom. The van der Waals surface area contributed by atoms with Crippen molar-refractivity contribution >= 4 is 11.0 Å². The molecule has 3 nitrogen and oxygen atoms in total. The van der Waals surface area contributed by atoms with Crippen molar-refractivity contribution in [3.63, 3.8) is 0 Å². The van der Waals surface area contributed by atoms with Crippen molar-refractivity contribution in [1.82, 2.24) is 9.97 Å². The molecule has 0 unspecified atom stereocenters. The summed E-state index contributed by atoms with van der Waals surface area (Å²) < 4.78 is 0. The van der Waals surface area contributed by atoms with Crippen LogP contribution in [0.15, 0.2) is 24.3 Å². The van der Waals surface area contributed by atoms with Crippen molar-refractivity contribution in [3.8, 4) is 0 Å². The van der Waals surface area contributed by atoms with Crippen molar-refractivity contribution < 1.29 is 5.48 Å². The van der Waals surface area contributed by atoms with Gasteiger partial charge in [-0.05, 0) is 26.0 Å². The van der Waals surface area contributed by atoms with Crippen LogP contribution in [0.2, 0.25) is 0 Å². The zero-order chi connectivity index (χ0) is 8.55. The molecular formula is C10H12N2O. The fourth-order valence-electron chi connectivity index (χ4n) is 1.18. The van der Waals surface area contributed by atoms with E-state index >= 15 is 0 Å². The van der Waals surface area contributed by atoms with E-state index in [-0.39, 0.29) is 5.48 Å². The van der Waals surface area contributed by atoms with E-state index in [9.17, 15) is 0 Å². The van der Waals surface area contributed by atoms with Gasteiger partial charge in [-0.2, -0.15) is 0 Å². The molecule has 2 rings (SSSR count). The zero-order valence-electron chi connectivity index (χ0n) is 7.70. The topological polar surface area (TPSA) is 57.3 Å². The lowest BCUT2D eigenvalue weighted by molar-refractivity contribution is 0.824. The highest BCUT2D eigenvalue weighted by atomic mass is 16.0. The van der Waals surface area contributed by atoms with Crippen LogP contribution in [-0.2, 0) is 0 Å². The number of fused-ring (bicyclic) bond motifs is 1. The van der Waals surface area contributed by atoms with E-state index in [0.717, 1.165) is 22.4 Å². The molecule has 0 spiro atoms. The van der Waals surface area contributed by atoms with E-state index < -0.39 is 0 Å². The van der Waals surface area contributed by atoms with Gasteiger partial charge in [0, 0.05) is 0 Å². The lowest BCUT2D eigenvalue weighted by Gasteiger charge is -2.00. The van der Waals surface area contributed by atoms with Crippen LogP contribution in [-0.4, -0.2) is 15.4 Å². The Labute approximate surface area is 76.8 Å². The molecule has 0 bridgehead atoms. The number of nitrogens with zero attached hydrogens (tertiary/aromatic N) is 2. The smallest absolute Gasteiger partial charge is 0.0890 e. The van der Waals surface area contributed by atoms with Gasteiger partial charge in [0.25, 0.3) is 0 Å². The molecule has 1 aromatic heterocycles. The maximum absolute atomic E-state index is 4.41. The summed E-state index contributed by atoms with van der Waals surface area (Å²) in [5, 5.41) is 0. The molecule has 0 atom stereocenters. The summed E-state index contributed by atoms with van der Waals surface area (Å²) in [7, 11) is 0. The Bertz CT molecular complexity index is 386. The van der Waals surface area contributed by atoms with Gasteiger partial charge in [-0.1, -0.05) is 12.1 Å². The van der Waals surface area contributed by atoms with Crippen LogP contribution in [0.3, 0.4) is 0 Å². The summed E-state index contributed by atoms with van der Waals surface area (Å²) in [4.78, 5) is 8.83. The van der Waals surface area contributed by atoms with Gasteiger partial charge >= 0.3 is 0 Å². The molecule has 0 saturated heterocycles. The van der Waals surface area contributed by atoms with Crippen molar-refractivity contribution in [2.45, 2.75) is 13.8 Å². The van der Waals surface area contributed by atoms with Gasteiger partial charge in [-0.15, -0.1) is 0 Å². The highest BCUT2D eigenvalue weighted by Crippen LogP contribution is 2.10. The van der Waals surface area contributed by atoms with E-state index in [1.165, 1.54) is 0 Å².